The first-order chi connectivity index (χ1) is 13.6. The van der Waals surface area contributed by atoms with Crippen LogP contribution < -0.4 is 14.4 Å². The van der Waals surface area contributed by atoms with Gasteiger partial charge >= 0.3 is 5.97 Å². The van der Waals surface area contributed by atoms with E-state index >= 15 is 0 Å². The lowest BCUT2D eigenvalue weighted by Gasteiger charge is -2.31. The van der Waals surface area contributed by atoms with E-state index < -0.39 is 0 Å². The first-order valence-electron chi connectivity index (χ1n) is 8.97. The van der Waals surface area contributed by atoms with Gasteiger partial charge in [0, 0.05) is 24.5 Å². The van der Waals surface area contributed by atoms with Gasteiger partial charge in [0.2, 0.25) is 0 Å². The zero-order chi connectivity index (χ0) is 19.7. The first-order valence-corrected chi connectivity index (χ1v) is 8.97. The summed E-state index contributed by atoms with van der Waals surface area (Å²) in [6.07, 6.45) is 2.61. The summed E-state index contributed by atoms with van der Waals surface area (Å²) in [6, 6.07) is 9.51. The number of hydrogen-bond donors (Lipinski definition) is 0. The monoisotopic (exact) mass is 379 g/mol. The highest BCUT2D eigenvalue weighted by molar-refractivity contribution is 5.93. The summed E-state index contributed by atoms with van der Waals surface area (Å²) in [4.78, 5) is 14.0. The van der Waals surface area contributed by atoms with E-state index in [0.717, 1.165) is 36.1 Å². The molecular formula is C21H21N3O4. The molecule has 0 bridgehead atoms. The number of hydrogen-bond acceptors (Lipinski definition) is 7. The molecule has 0 N–H and O–H groups in total. The van der Waals surface area contributed by atoms with E-state index in [1.807, 2.05) is 30.3 Å². The van der Waals surface area contributed by atoms with Crippen molar-refractivity contribution in [2.24, 2.45) is 0 Å². The number of benzene rings is 2. The van der Waals surface area contributed by atoms with Gasteiger partial charge in [-0.15, -0.1) is 0 Å². The molecule has 0 atom stereocenters. The minimum absolute atomic E-state index is 0.310. The summed E-state index contributed by atoms with van der Waals surface area (Å²) >= 11 is 0. The molecule has 0 unspecified atom stereocenters. The van der Waals surface area contributed by atoms with Gasteiger partial charge < -0.3 is 19.1 Å². The fourth-order valence-corrected chi connectivity index (χ4v) is 3.63. The largest absolute Gasteiger partial charge is 0.493 e. The van der Waals surface area contributed by atoms with E-state index in [1.54, 1.807) is 20.4 Å². The third-order valence-electron chi connectivity index (χ3n) is 5.10. The Kier molecular flexibility index (Phi) is 4.73. The molecule has 144 valence electrons. The predicted octanol–water partition coefficient (Wildman–Crippen LogP) is 3.00. The molecule has 28 heavy (non-hydrogen) atoms. The van der Waals surface area contributed by atoms with E-state index in [1.165, 1.54) is 18.2 Å². The molecule has 2 aromatic carbocycles. The van der Waals surface area contributed by atoms with Gasteiger partial charge in [-0.3, -0.25) is 0 Å². The normalized spacial score (nSPS) is 13.2. The van der Waals surface area contributed by atoms with Crippen LogP contribution in [0.25, 0.3) is 10.9 Å². The Balaban J connectivity index is 1.71. The summed E-state index contributed by atoms with van der Waals surface area (Å²) in [5.74, 6) is 0.973. The molecule has 2 heterocycles. The van der Waals surface area contributed by atoms with Crippen LogP contribution in [0.4, 0.5) is 5.69 Å². The van der Waals surface area contributed by atoms with Crippen LogP contribution in [-0.2, 0) is 17.7 Å². The van der Waals surface area contributed by atoms with Gasteiger partial charge in [0.25, 0.3) is 0 Å². The minimum atomic E-state index is -0.310. The number of anilines is 1. The van der Waals surface area contributed by atoms with Gasteiger partial charge in [-0.2, -0.15) is 10.2 Å². The van der Waals surface area contributed by atoms with Crippen LogP contribution in [0.1, 0.15) is 21.5 Å². The number of methoxy groups -OCH3 is 3. The van der Waals surface area contributed by atoms with E-state index in [4.69, 9.17) is 14.2 Å². The Hall–Kier alpha value is -3.35. The molecular weight excluding hydrogens is 358 g/mol. The zero-order valence-electron chi connectivity index (χ0n) is 16.1. The maximum absolute atomic E-state index is 11.8. The fourth-order valence-electron chi connectivity index (χ4n) is 3.63. The number of nitrogens with zero attached hydrogens (tertiary/aromatic N) is 3. The third-order valence-corrected chi connectivity index (χ3v) is 5.10. The molecule has 0 spiro atoms. The number of carbonyl (C=O) groups excluding carboxylic acids is 1. The minimum Gasteiger partial charge on any atom is -0.493 e. The summed E-state index contributed by atoms with van der Waals surface area (Å²) < 4.78 is 15.6. The summed E-state index contributed by atoms with van der Waals surface area (Å²) in [7, 11) is 4.62. The fraction of sp³-hybridized carbons (Fsp3) is 0.286. The molecule has 1 aromatic heterocycles. The smallest absolute Gasteiger partial charge is 0.337 e. The van der Waals surface area contributed by atoms with Crippen molar-refractivity contribution in [1.29, 1.82) is 0 Å². The lowest BCUT2D eigenvalue weighted by Crippen LogP contribution is -2.30. The Morgan fingerprint density at radius 2 is 1.82 bits per heavy atom. The highest BCUT2D eigenvalue weighted by atomic mass is 16.5. The van der Waals surface area contributed by atoms with Crippen LogP contribution in [0.5, 0.6) is 11.5 Å². The van der Waals surface area contributed by atoms with E-state index in [2.05, 4.69) is 15.1 Å². The quantitative estimate of drug-likeness (QED) is 0.645. The molecule has 0 aliphatic carbocycles. The second-order valence-electron chi connectivity index (χ2n) is 6.60. The van der Waals surface area contributed by atoms with Gasteiger partial charge in [0.1, 0.15) is 0 Å². The van der Waals surface area contributed by atoms with Crippen molar-refractivity contribution in [2.75, 3.05) is 32.8 Å². The molecule has 0 saturated carbocycles. The molecule has 4 rings (SSSR count). The Morgan fingerprint density at radius 3 is 2.57 bits per heavy atom. The lowest BCUT2D eigenvalue weighted by atomic mass is 9.96. The average Bonchev–Trinajstić information content (AvgIpc) is 2.76. The van der Waals surface area contributed by atoms with Crippen LogP contribution in [0.15, 0.2) is 36.5 Å². The Morgan fingerprint density at radius 1 is 1.04 bits per heavy atom. The summed E-state index contributed by atoms with van der Waals surface area (Å²) in [5.41, 5.74) is 4.69. The molecule has 0 amide bonds. The van der Waals surface area contributed by atoms with Crippen molar-refractivity contribution in [2.45, 2.75) is 13.0 Å². The maximum Gasteiger partial charge on any atom is 0.337 e. The van der Waals surface area contributed by atoms with Crippen LogP contribution in [0, 0.1) is 0 Å². The lowest BCUT2D eigenvalue weighted by molar-refractivity contribution is 0.0600. The van der Waals surface area contributed by atoms with Crippen LogP contribution in [-0.4, -0.2) is 44.0 Å². The van der Waals surface area contributed by atoms with Gasteiger partial charge in [0.05, 0.1) is 44.3 Å². The molecule has 1 aliphatic heterocycles. The Labute approximate surface area is 162 Å². The number of carbonyl (C=O) groups is 1. The average molecular weight is 379 g/mol. The predicted molar refractivity (Wildman–Crippen MR) is 105 cm³/mol. The van der Waals surface area contributed by atoms with Gasteiger partial charge in [-0.1, -0.05) is 6.07 Å². The van der Waals surface area contributed by atoms with Crippen molar-refractivity contribution >= 4 is 22.6 Å². The van der Waals surface area contributed by atoms with Gasteiger partial charge in [-0.05, 0) is 35.7 Å². The van der Waals surface area contributed by atoms with E-state index in [0.29, 0.717) is 17.1 Å². The zero-order valence-corrected chi connectivity index (χ0v) is 16.1. The topological polar surface area (TPSA) is 73.8 Å². The number of ether oxygens (including phenoxy) is 3. The Bertz CT molecular complexity index is 1050. The molecule has 0 saturated heterocycles. The molecule has 0 radical (unpaired) electrons. The second-order valence-corrected chi connectivity index (χ2v) is 6.60. The van der Waals surface area contributed by atoms with Crippen LogP contribution in [0.2, 0.25) is 0 Å². The van der Waals surface area contributed by atoms with Crippen molar-refractivity contribution in [3.8, 4) is 11.5 Å². The van der Waals surface area contributed by atoms with Crippen LogP contribution in [0.3, 0.4) is 0 Å². The van der Waals surface area contributed by atoms with Crippen LogP contribution >= 0.6 is 0 Å². The number of aromatic nitrogens is 2. The standard InChI is InChI=1S/C21H21N3O4/c1-26-19-9-16-17(10-20(19)27-2)23-22-11-18(16)24-7-6-13-8-14(21(25)28-3)4-5-15(13)12-24/h4-5,8-11H,6-7,12H2,1-3H3. The maximum atomic E-state index is 11.8. The molecule has 3 aromatic rings. The first kappa shape index (κ1) is 18.0. The van der Waals surface area contributed by atoms with E-state index in [-0.39, 0.29) is 5.97 Å². The highest BCUT2D eigenvalue weighted by Gasteiger charge is 2.21. The van der Waals surface area contributed by atoms with Gasteiger partial charge in [-0.25, -0.2) is 4.79 Å². The molecule has 7 nitrogen and oxygen atoms in total. The number of fused-ring (bicyclic) bond motifs is 2. The molecule has 1 aliphatic rings. The van der Waals surface area contributed by atoms with E-state index in [9.17, 15) is 4.79 Å². The van der Waals surface area contributed by atoms with Crippen molar-refractivity contribution in [3.63, 3.8) is 0 Å². The highest BCUT2D eigenvalue weighted by Crippen LogP contribution is 2.36. The van der Waals surface area contributed by atoms with Crippen molar-refractivity contribution in [3.05, 3.63) is 53.2 Å². The third kappa shape index (κ3) is 3.09. The van der Waals surface area contributed by atoms with Crippen molar-refractivity contribution < 1.29 is 19.0 Å². The van der Waals surface area contributed by atoms with Crippen molar-refractivity contribution in [1.82, 2.24) is 10.2 Å². The summed E-state index contributed by atoms with van der Waals surface area (Å²) in [6.45, 7) is 1.54. The molecule has 0 fully saturated rings. The SMILES string of the molecule is COC(=O)c1ccc2c(c1)CCN(c1cnnc3cc(OC)c(OC)cc13)C2. The summed E-state index contributed by atoms with van der Waals surface area (Å²) in [5, 5.41) is 9.38. The van der Waals surface area contributed by atoms with Gasteiger partial charge in [0.15, 0.2) is 11.5 Å². The number of esters is 1. The second kappa shape index (κ2) is 7.34. The number of rotatable bonds is 4. The molecule has 7 heteroatoms.